The van der Waals surface area contributed by atoms with Gasteiger partial charge in [-0.25, -0.2) is 0 Å². The number of benzene rings is 3. The van der Waals surface area contributed by atoms with Crippen LogP contribution in [0.15, 0.2) is 114 Å². The average molecular weight is 546 g/mol. The minimum atomic E-state index is -0.565. The molecule has 204 valence electrons. The predicted molar refractivity (Wildman–Crippen MR) is 159 cm³/mol. The second-order valence-electron chi connectivity index (χ2n) is 9.17. The van der Waals surface area contributed by atoms with E-state index in [-0.39, 0.29) is 11.4 Å². The number of nitrogens with one attached hydrogen (secondary N) is 2. The molecule has 5 rings (SSSR count). The molecule has 0 radical (unpaired) electrons. The van der Waals surface area contributed by atoms with Crippen molar-refractivity contribution in [3.8, 4) is 22.5 Å². The minimum Gasteiger partial charge on any atom is -0.612 e. The van der Waals surface area contributed by atoms with Crippen molar-refractivity contribution in [2.75, 3.05) is 10.7 Å². The maximum absolute atomic E-state index is 13.6. The molecule has 3 aromatic carbocycles. The summed E-state index contributed by atoms with van der Waals surface area (Å²) >= 11 is 0. The predicted octanol–water partition coefficient (Wildman–Crippen LogP) is 5.54. The summed E-state index contributed by atoms with van der Waals surface area (Å²) in [5.74, 6) is -1.06. The Morgan fingerprint density at radius 3 is 2.17 bits per heavy atom. The van der Waals surface area contributed by atoms with Crippen molar-refractivity contribution in [1.29, 1.82) is 0 Å². The molecule has 1 aliphatic rings. The quantitative estimate of drug-likeness (QED) is 0.135. The first-order valence-corrected chi connectivity index (χ1v) is 12.7. The average Bonchev–Trinajstić information content (AvgIpc) is 3.38. The zero-order chi connectivity index (χ0) is 28.8. The number of hydrogen-bond acceptors (Lipinski definition) is 7. The lowest BCUT2D eigenvalue weighted by Gasteiger charge is -2.12. The van der Waals surface area contributed by atoms with Crippen molar-refractivity contribution in [3.63, 3.8) is 0 Å². The number of carbonyl (C=O) groups is 2. The molecular formula is C31H25N6O4-. The Morgan fingerprint density at radius 1 is 0.878 bits per heavy atom. The highest BCUT2D eigenvalue weighted by Crippen LogP contribution is 2.37. The third-order valence-corrected chi connectivity index (χ3v) is 6.23. The molecule has 41 heavy (non-hydrogen) atoms. The van der Waals surface area contributed by atoms with Gasteiger partial charge in [-0.1, -0.05) is 90.5 Å². The molecule has 0 bridgehead atoms. The van der Waals surface area contributed by atoms with Crippen molar-refractivity contribution in [3.05, 3.63) is 125 Å². The van der Waals surface area contributed by atoms with Crippen molar-refractivity contribution < 1.29 is 14.5 Å². The van der Waals surface area contributed by atoms with E-state index in [9.17, 15) is 20.0 Å². The van der Waals surface area contributed by atoms with Gasteiger partial charge in [0.25, 0.3) is 5.91 Å². The van der Waals surface area contributed by atoms with Crippen LogP contribution >= 0.6 is 0 Å². The molecule has 1 aromatic heterocycles. The SMILES string of the molecule is Cc1ccc(NC(=O)CC(=O)n2nc(-c3ccccc3)c(NN=C3C=CC=CC3=[N+]([O-])[O-])c2-c2ccccc2)cc1. The number of rotatable bonds is 7. The highest BCUT2D eigenvalue weighted by molar-refractivity contribution is 6.49. The molecular weight excluding hydrogens is 520 g/mol. The van der Waals surface area contributed by atoms with Gasteiger partial charge in [-0.15, -0.1) is 0 Å². The lowest BCUT2D eigenvalue weighted by molar-refractivity contribution is -0.375. The van der Waals surface area contributed by atoms with E-state index >= 15 is 0 Å². The first-order chi connectivity index (χ1) is 19.9. The number of anilines is 2. The fourth-order valence-electron chi connectivity index (χ4n) is 4.25. The van der Waals surface area contributed by atoms with Crippen LogP contribution < -0.4 is 10.7 Å². The lowest BCUT2D eigenvalue weighted by atomic mass is 10.1. The van der Waals surface area contributed by atoms with Crippen LogP contribution in [0.4, 0.5) is 11.4 Å². The Kier molecular flexibility index (Phi) is 7.82. The van der Waals surface area contributed by atoms with Crippen LogP contribution in [0.3, 0.4) is 0 Å². The van der Waals surface area contributed by atoms with E-state index in [0.717, 1.165) is 5.56 Å². The summed E-state index contributed by atoms with van der Waals surface area (Å²) < 4.78 is 1.18. The standard InChI is InChI=1S/C31H25N6O4/c1-21-16-18-24(19-17-21)32-27(38)20-28(39)36-31(23-12-6-3-7-13-23)30(29(35-36)22-10-4-2-5-11-22)34-33-25-14-8-9-15-26(25)37(40)41/h2-19,34H,20H2,1H3,(H-,32,33,38,40,41)/q-1. The number of aryl methyl sites for hydroxylation is 1. The monoisotopic (exact) mass is 545 g/mol. The third kappa shape index (κ3) is 6.12. The second-order valence-corrected chi connectivity index (χ2v) is 9.17. The van der Waals surface area contributed by atoms with Gasteiger partial charge < -0.3 is 15.7 Å². The fourth-order valence-corrected chi connectivity index (χ4v) is 4.25. The molecule has 1 aliphatic carbocycles. The highest BCUT2D eigenvalue weighted by Gasteiger charge is 2.26. The van der Waals surface area contributed by atoms with Crippen LogP contribution in [0.5, 0.6) is 0 Å². The molecule has 0 aliphatic heterocycles. The third-order valence-electron chi connectivity index (χ3n) is 6.23. The van der Waals surface area contributed by atoms with Crippen LogP contribution in [0.25, 0.3) is 22.5 Å². The number of hydrazone groups is 1. The van der Waals surface area contributed by atoms with Crippen molar-refractivity contribution in [2.45, 2.75) is 13.3 Å². The summed E-state index contributed by atoms with van der Waals surface area (Å²) in [7, 11) is 0. The van der Waals surface area contributed by atoms with E-state index < -0.39 is 23.1 Å². The molecule has 1 amide bonds. The Morgan fingerprint density at radius 2 is 1.51 bits per heavy atom. The van der Waals surface area contributed by atoms with Crippen LogP contribution in [0.1, 0.15) is 16.8 Å². The first kappa shape index (κ1) is 26.8. The summed E-state index contributed by atoms with van der Waals surface area (Å²) in [5.41, 5.74) is 6.91. The molecule has 2 N–H and O–H groups in total. The first-order valence-electron chi connectivity index (χ1n) is 12.7. The molecule has 0 saturated heterocycles. The smallest absolute Gasteiger partial charge is 0.256 e. The van der Waals surface area contributed by atoms with Gasteiger partial charge in [0.05, 0.1) is 0 Å². The Bertz CT molecular complexity index is 1700. The van der Waals surface area contributed by atoms with Gasteiger partial charge in [-0.3, -0.25) is 15.0 Å². The maximum Gasteiger partial charge on any atom is 0.256 e. The van der Waals surface area contributed by atoms with E-state index in [0.29, 0.717) is 33.9 Å². The van der Waals surface area contributed by atoms with Gasteiger partial charge >= 0.3 is 0 Å². The lowest BCUT2D eigenvalue weighted by Crippen LogP contribution is -2.22. The molecule has 0 fully saturated rings. The van der Waals surface area contributed by atoms with Gasteiger partial charge in [0.1, 0.15) is 23.5 Å². The molecule has 10 heteroatoms. The largest absolute Gasteiger partial charge is 0.612 e. The zero-order valence-electron chi connectivity index (χ0n) is 22.0. The van der Waals surface area contributed by atoms with Crippen molar-refractivity contribution in [2.24, 2.45) is 5.10 Å². The maximum atomic E-state index is 13.6. The number of hydrogen-bond donors (Lipinski definition) is 2. The zero-order valence-corrected chi connectivity index (χ0v) is 22.0. The van der Waals surface area contributed by atoms with E-state index in [1.54, 1.807) is 36.4 Å². The summed E-state index contributed by atoms with van der Waals surface area (Å²) in [5, 5.41) is 34.9. The van der Waals surface area contributed by atoms with Crippen LogP contribution in [0, 0.1) is 17.3 Å². The molecule has 0 unspecified atom stereocenters. The molecule has 0 spiro atoms. The minimum absolute atomic E-state index is 0.104. The molecule has 4 aromatic rings. The van der Waals surface area contributed by atoms with Crippen molar-refractivity contribution in [1.82, 2.24) is 9.78 Å². The number of aromatic nitrogens is 2. The summed E-state index contributed by atoms with van der Waals surface area (Å²) in [4.78, 5) is 25.9. The van der Waals surface area contributed by atoms with Crippen LogP contribution in [-0.4, -0.2) is 37.9 Å². The van der Waals surface area contributed by atoms with Gasteiger partial charge in [-0.05, 0) is 25.1 Å². The van der Waals surface area contributed by atoms with Gasteiger partial charge in [0.2, 0.25) is 11.6 Å². The van der Waals surface area contributed by atoms with Crippen LogP contribution in [-0.2, 0) is 4.79 Å². The highest BCUT2D eigenvalue weighted by atomic mass is 16.8. The Hall–Kier alpha value is -5.77. The van der Waals surface area contributed by atoms with E-state index in [1.807, 2.05) is 67.6 Å². The summed E-state index contributed by atoms with van der Waals surface area (Å²) in [6, 6.07) is 25.5. The molecule has 0 saturated carbocycles. The van der Waals surface area contributed by atoms with Gasteiger partial charge in [-0.2, -0.15) is 19.8 Å². The number of amides is 1. The Labute approximate surface area is 235 Å². The normalized spacial score (nSPS) is 13.3. The molecule has 1 heterocycles. The van der Waals surface area contributed by atoms with Crippen LogP contribution in [0.2, 0.25) is 0 Å². The number of carbonyl (C=O) groups excluding carboxylic acids is 2. The fraction of sp³-hybridized carbons (Fsp3) is 0.0645. The van der Waals surface area contributed by atoms with E-state index in [1.165, 1.54) is 16.8 Å². The summed E-state index contributed by atoms with van der Waals surface area (Å²) in [6.45, 7) is 1.94. The van der Waals surface area contributed by atoms with E-state index in [2.05, 4.69) is 20.9 Å². The van der Waals surface area contributed by atoms with E-state index in [4.69, 9.17) is 0 Å². The summed E-state index contributed by atoms with van der Waals surface area (Å²) in [6.07, 6.45) is 5.60. The number of allylic oxidation sites excluding steroid dienone is 4. The topological polar surface area (TPSA) is 138 Å². The Balaban J connectivity index is 1.58. The van der Waals surface area contributed by atoms with Gasteiger partial charge in [0, 0.05) is 22.9 Å². The second kappa shape index (κ2) is 12.0. The number of nitrogens with zero attached hydrogens (tertiary/aromatic N) is 4. The van der Waals surface area contributed by atoms with Gasteiger partial charge in [0.15, 0.2) is 5.71 Å². The molecule has 0 atom stereocenters. The molecule has 10 nitrogen and oxygen atoms in total. The van der Waals surface area contributed by atoms with Crippen molar-refractivity contribution >= 4 is 34.6 Å².